The van der Waals surface area contributed by atoms with Crippen LogP contribution < -0.4 is 0 Å². The summed E-state index contributed by atoms with van der Waals surface area (Å²) in [7, 11) is 1.46. The SMILES string of the molecule is COC(=O)C1(CC(C)(C)C)COC/C1=C(\I)c1ccccc1. The molecule has 1 saturated heterocycles. The Morgan fingerprint density at radius 2 is 1.95 bits per heavy atom. The Bertz CT molecular complexity index is 572. The molecule has 0 spiro atoms. The molecule has 3 nitrogen and oxygen atoms in total. The van der Waals surface area contributed by atoms with Gasteiger partial charge in [0.1, 0.15) is 5.41 Å². The van der Waals surface area contributed by atoms with Crippen LogP contribution in [-0.4, -0.2) is 26.3 Å². The number of hydrogen-bond donors (Lipinski definition) is 0. The molecule has 1 aromatic carbocycles. The third-order valence-corrected chi connectivity index (χ3v) is 5.15. The summed E-state index contributed by atoms with van der Waals surface area (Å²) in [4.78, 5) is 12.6. The van der Waals surface area contributed by atoms with Gasteiger partial charge in [-0.2, -0.15) is 0 Å². The zero-order chi connectivity index (χ0) is 16.4. The molecule has 22 heavy (non-hydrogen) atoms. The first-order valence-corrected chi connectivity index (χ1v) is 8.49. The lowest BCUT2D eigenvalue weighted by atomic mass is 9.70. The topological polar surface area (TPSA) is 35.5 Å². The van der Waals surface area contributed by atoms with Crippen molar-refractivity contribution < 1.29 is 14.3 Å². The van der Waals surface area contributed by atoms with Crippen LogP contribution in [0.1, 0.15) is 32.8 Å². The highest BCUT2D eigenvalue weighted by molar-refractivity contribution is 14.1. The molecule has 0 bridgehead atoms. The fourth-order valence-corrected chi connectivity index (χ4v) is 4.13. The van der Waals surface area contributed by atoms with Crippen molar-refractivity contribution in [2.24, 2.45) is 10.8 Å². The molecule has 2 rings (SSSR count). The van der Waals surface area contributed by atoms with Gasteiger partial charge in [0.15, 0.2) is 0 Å². The molecule has 4 heteroatoms. The Morgan fingerprint density at radius 1 is 1.32 bits per heavy atom. The Morgan fingerprint density at radius 3 is 2.50 bits per heavy atom. The van der Waals surface area contributed by atoms with Gasteiger partial charge in [0, 0.05) is 3.58 Å². The fraction of sp³-hybridized carbons (Fsp3) is 0.500. The van der Waals surface area contributed by atoms with E-state index in [1.807, 2.05) is 18.2 Å². The van der Waals surface area contributed by atoms with Crippen LogP contribution in [0.4, 0.5) is 0 Å². The Labute approximate surface area is 146 Å². The van der Waals surface area contributed by atoms with Crippen LogP contribution in [-0.2, 0) is 14.3 Å². The highest BCUT2D eigenvalue weighted by Crippen LogP contribution is 2.48. The van der Waals surface area contributed by atoms with Crippen molar-refractivity contribution in [1.82, 2.24) is 0 Å². The van der Waals surface area contributed by atoms with E-state index in [-0.39, 0.29) is 11.4 Å². The van der Waals surface area contributed by atoms with E-state index in [0.717, 1.165) is 14.7 Å². The van der Waals surface area contributed by atoms with E-state index < -0.39 is 5.41 Å². The molecule has 0 aliphatic carbocycles. The summed E-state index contributed by atoms with van der Waals surface area (Å²) in [6.45, 7) is 7.30. The molecule has 120 valence electrons. The van der Waals surface area contributed by atoms with Gasteiger partial charge in [0.05, 0.1) is 20.3 Å². The summed E-state index contributed by atoms with van der Waals surface area (Å²) in [5, 5.41) is 0. The van der Waals surface area contributed by atoms with E-state index in [9.17, 15) is 4.79 Å². The van der Waals surface area contributed by atoms with Crippen molar-refractivity contribution >= 4 is 32.1 Å². The standard InChI is InChI=1S/C18H23IO3/c1-17(2,3)11-18(16(20)21-4)12-22-10-14(18)15(19)13-8-6-5-7-9-13/h5-9H,10-12H2,1-4H3/b15-14+. The molecule has 1 atom stereocenters. The van der Waals surface area contributed by atoms with Crippen LogP contribution in [0.2, 0.25) is 0 Å². The van der Waals surface area contributed by atoms with Crippen molar-refractivity contribution in [2.75, 3.05) is 20.3 Å². The summed E-state index contributed by atoms with van der Waals surface area (Å²) in [5.41, 5.74) is 1.48. The second-order valence-electron chi connectivity index (χ2n) is 6.96. The first-order chi connectivity index (χ1) is 10.3. The molecule has 1 fully saturated rings. The molecule has 1 aromatic rings. The van der Waals surface area contributed by atoms with Crippen molar-refractivity contribution in [3.8, 4) is 0 Å². The molecule has 0 N–H and O–H groups in total. The molecule has 1 aliphatic rings. The quantitative estimate of drug-likeness (QED) is 0.541. The molecule has 1 heterocycles. The van der Waals surface area contributed by atoms with Gasteiger partial charge in [-0.05, 0) is 45.6 Å². The smallest absolute Gasteiger partial charge is 0.318 e. The van der Waals surface area contributed by atoms with Gasteiger partial charge in [-0.25, -0.2) is 0 Å². The molecule has 0 radical (unpaired) electrons. The van der Waals surface area contributed by atoms with E-state index in [1.165, 1.54) is 7.11 Å². The van der Waals surface area contributed by atoms with Crippen LogP contribution in [0.3, 0.4) is 0 Å². The fourth-order valence-electron chi connectivity index (χ4n) is 3.10. The first kappa shape index (κ1) is 17.5. The van der Waals surface area contributed by atoms with E-state index in [4.69, 9.17) is 9.47 Å². The molecule has 0 saturated carbocycles. The first-order valence-electron chi connectivity index (χ1n) is 7.41. The highest BCUT2D eigenvalue weighted by atomic mass is 127. The van der Waals surface area contributed by atoms with Gasteiger partial charge in [0.2, 0.25) is 0 Å². The second-order valence-corrected chi connectivity index (χ2v) is 8.04. The molecule has 0 amide bonds. The lowest BCUT2D eigenvalue weighted by Crippen LogP contribution is -2.38. The minimum absolute atomic E-state index is 0.000742. The summed E-state index contributed by atoms with van der Waals surface area (Å²) >= 11 is 2.33. The Hall–Kier alpha value is -0.880. The van der Waals surface area contributed by atoms with Crippen LogP contribution in [0, 0.1) is 10.8 Å². The van der Waals surface area contributed by atoms with E-state index >= 15 is 0 Å². The molecular weight excluding hydrogens is 391 g/mol. The molecule has 1 unspecified atom stereocenters. The molecular formula is C18H23IO3. The van der Waals surface area contributed by atoms with Gasteiger partial charge in [-0.3, -0.25) is 4.79 Å². The van der Waals surface area contributed by atoms with Crippen molar-refractivity contribution in [1.29, 1.82) is 0 Å². The van der Waals surface area contributed by atoms with Gasteiger partial charge in [0.25, 0.3) is 0 Å². The van der Waals surface area contributed by atoms with Crippen LogP contribution in [0.5, 0.6) is 0 Å². The number of hydrogen-bond acceptors (Lipinski definition) is 3. The third kappa shape index (κ3) is 3.54. The van der Waals surface area contributed by atoms with E-state index in [1.54, 1.807) is 0 Å². The van der Waals surface area contributed by atoms with E-state index in [0.29, 0.717) is 19.6 Å². The van der Waals surface area contributed by atoms with Crippen molar-refractivity contribution in [3.05, 3.63) is 41.5 Å². The molecule has 1 aliphatic heterocycles. The maximum Gasteiger partial charge on any atom is 0.318 e. The summed E-state index contributed by atoms with van der Waals surface area (Å²) in [6.07, 6.45) is 0.710. The Balaban J connectivity index is 2.55. The maximum atomic E-state index is 12.6. The monoisotopic (exact) mass is 414 g/mol. The average Bonchev–Trinajstić information content (AvgIpc) is 2.89. The number of benzene rings is 1. The normalized spacial score (nSPS) is 24.2. The summed E-state index contributed by atoms with van der Waals surface area (Å²) in [6, 6.07) is 10.1. The van der Waals surface area contributed by atoms with Gasteiger partial charge >= 0.3 is 5.97 Å². The lowest BCUT2D eigenvalue weighted by molar-refractivity contribution is -0.152. The van der Waals surface area contributed by atoms with Crippen molar-refractivity contribution in [3.63, 3.8) is 0 Å². The zero-order valence-corrected chi connectivity index (χ0v) is 15.8. The largest absolute Gasteiger partial charge is 0.468 e. The average molecular weight is 414 g/mol. The number of rotatable bonds is 3. The number of carbonyl (C=O) groups excluding carboxylic acids is 1. The number of methoxy groups -OCH3 is 1. The minimum Gasteiger partial charge on any atom is -0.468 e. The molecule has 0 aromatic heterocycles. The summed E-state index contributed by atoms with van der Waals surface area (Å²) < 4.78 is 12.0. The number of halogens is 1. The summed E-state index contributed by atoms with van der Waals surface area (Å²) in [5.74, 6) is -0.194. The second kappa shape index (κ2) is 6.71. The lowest BCUT2D eigenvalue weighted by Gasteiger charge is -2.33. The predicted octanol–water partition coefficient (Wildman–Crippen LogP) is 4.46. The van der Waals surface area contributed by atoms with E-state index in [2.05, 4.69) is 55.5 Å². The van der Waals surface area contributed by atoms with Crippen LogP contribution in [0.15, 0.2) is 35.9 Å². The number of ether oxygens (including phenoxy) is 2. The number of carbonyl (C=O) groups is 1. The Kier molecular flexibility index (Phi) is 5.33. The maximum absolute atomic E-state index is 12.6. The predicted molar refractivity (Wildman–Crippen MR) is 96.7 cm³/mol. The van der Waals surface area contributed by atoms with Crippen LogP contribution in [0.25, 0.3) is 3.58 Å². The van der Waals surface area contributed by atoms with Crippen molar-refractivity contribution in [2.45, 2.75) is 27.2 Å². The highest BCUT2D eigenvalue weighted by Gasteiger charge is 2.50. The van der Waals surface area contributed by atoms with Gasteiger partial charge < -0.3 is 9.47 Å². The third-order valence-electron chi connectivity index (χ3n) is 3.87. The van der Waals surface area contributed by atoms with Crippen LogP contribution >= 0.6 is 22.6 Å². The minimum atomic E-state index is -0.681. The number of esters is 1. The van der Waals surface area contributed by atoms with Gasteiger partial charge in [-0.1, -0.05) is 51.1 Å². The zero-order valence-electron chi connectivity index (χ0n) is 13.6. The van der Waals surface area contributed by atoms with Gasteiger partial charge in [-0.15, -0.1) is 0 Å².